The van der Waals surface area contributed by atoms with Gasteiger partial charge >= 0.3 is 12.0 Å². The Kier molecular flexibility index (Phi) is 4.48. The molecule has 1 aliphatic rings. The summed E-state index contributed by atoms with van der Waals surface area (Å²) in [4.78, 5) is 23.1. The molecule has 5 heteroatoms. The standard InChI is InChI=1S/C14H26N2O3/c1-13(2,3)10(11(17)18)16-12(19)15-9-6-7-14(4,5)8-9/h9-10H,6-8H2,1-5H3,(H,17,18)(H2,15,16,19). The molecule has 0 aromatic rings. The van der Waals surface area contributed by atoms with Gasteiger partial charge in [0.2, 0.25) is 0 Å². The van der Waals surface area contributed by atoms with E-state index in [9.17, 15) is 9.59 Å². The third kappa shape index (κ3) is 4.73. The summed E-state index contributed by atoms with van der Waals surface area (Å²) in [7, 11) is 0. The summed E-state index contributed by atoms with van der Waals surface area (Å²) in [5.74, 6) is -1.01. The number of carboxylic acids is 1. The van der Waals surface area contributed by atoms with Gasteiger partial charge in [-0.1, -0.05) is 34.6 Å². The molecule has 0 aromatic heterocycles. The van der Waals surface area contributed by atoms with Crippen molar-refractivity contribution in [2.45, 2.75) is 66.0 Å². The van der Waals surface area contributed by atoms with Crippen LogP contribution in [0.3, 0.4) is 0 Å². The van der Waals surface area contributed by atoms with Crippen molar-refractivity contribution in [3.05, 3.63) is 0 Å². The second-order valence-electron chi connectivity index (χ2n) is 7.36. The van der Waals surface area contributed by atoms with Gasteiger partial charge in [0.15, 0.2) is 0 Å². The van der Waals surface area contributed by atoms with E-state index in [2.05, 4.69) is 24.5 Å². The third-order valence-corrected chi connectivity index (χ3v) is 3.69. The van der Waals surface area contributed by atoms with E-state index in [1.54, 1.807) is 20.8 Å². The quantitative estimate of drug-likeness (QED) is 0.736. The molecule has 1 aliphatic carbocycles. The Morgan fingerprint density at radius 2 is 1.89 bits per heavy atom. The first-order valence-electron chi connectivity index (χ1n) is 6.81. The lowest BCUT2D eigenvalue weighted by atomic mass is 9.87. The van der Waals surface area contributed by atoms with Crippen molar-refractivity contribution in [3.8, 4) is 0 Å². The van der Waals surface area contributed by atoms with E-state index in [0.717, 1.165) is 19.3 Å². The molecule has 0 radical (unpaired) electrons. The second-order valence-corrected chi connectivity index (χ2v) is 7.36. The van der Waals surface area contributed by atoms with E-state index < -0.39 is 17.4 Å². The Balaban J connectivity index is 2.53. The fourth-order valence-corrected chi connectivity index (χ4v) is 2.57. The Morgan fingerprint density at radius 3 is 2.26 bits per heavy atom. The average molecular weight is 270 g/mol. The Morgan fingerprint density at radius 1 is 1.32 bits per heavy atom. The molecule has 0 heterocycles. The van der Waals surface area contributed by atoms with Gasteiger partial charge < -0.3 is 15.7 Å². The first-order valence-corrected chi connectivity index (χ1v) is 6.81. The number of carboxylic acid groups (broad SMARTS) is 1. The number of hydrogen-bond acceptors (Lipinski definition) is 2. The van der Waals surface area contributed by atoms with Crippen LogP contribution in [0.1, 0.15) is 53.9 Å². The minimum absolute atomic E-state index is 0.143. The molecule has 5 nitrogen and oxygen atoms in total. The number of aliphatic carboxylic acids is 1. The normalized spacial score (nSPS) is 23.7. The minimum atomic E-state index is -1.01. The highest BCUT2D eigenvalue weighted by molar-refractivity contribution is 5.83. The van der Waals surface area contributed by atoms with E-state index in [4.69, 9.17) is 5.11 Å². The maximum absolute atomic E-state index is 11.9. The summed E-state index contributed by atoms with van der Waals surface area (Å²) in [5.41, 5.74) is -0.258. The monoisotopic (exact) mass is 270 g/mol. The van der Waals surface area contributed by atoms with Crippen molar-refractivity contribution in [1.82, 2.24) is 10.6 Å². The first-order chi connectivity index (χ1) is 8.51. The van der Waals surface area contributed by atoms with Gasteiger partial charge in [-0.15, -0.1) is 0 Å². The molecule has 1 fully saturated rings. The maximum Gasteiger partial charge on any atom is 0.326 e. The van der Waals surface area contributed by atoms with Gasteiger partial charge in [0.25, 0.3) is 0 Å². The highest BCUT2D eigenvalue weighted by atomic mass is 16.4. The predicted octanol–water partition coefficient (Wildman–Crippen LogP) is 2.36. The zero-order valence-corrected chi connectivity index (χ0v) is 12.5. The van der Waals surface area contributed by atoms with Crippen molar-refractivity contribution in [3.63, 3.8) is 0 Å². The van der Waals surface area contributed by atoms with Gasteiger partial charge in [-0.2, -0.15) is 0 Å². The van der Waals surface area contributed by atoms with Gasteiger partial charge in [0.1, 0.15) is 6.04 Å². The number of hydrogen-bond donors (Lipinski definition) is 3. The molecule has 1 saturated carbocycles. The Hall–Kier alpha value is -1.26. The molecule has 1 rings (SSSR count). The van der Waals surface area contributed by atoms with Crippen LogP contribution >= 0.6 is 0 Å². The van der Waals surface area contributed by atoms with Gasteiger partial charge in [-0.05, 0) is 30.1 Å². The molecule has 2 unspecified atom stereocenters. The highest BCUT2D eigenvalue weighted by Crippen LogP contribution is 2.36. The molecule has 2 atom stereocenters. The molecular formula is C14H26N2O3. The number of carbonyl (C=O) groups excluding carboxylic acids is 1. The number of carbonyl (C=O) groups is 2. The molecule has 0 aromatic carbocycles. The van der Waals surface area contributed by atoms with Gasteiger partial charge in [-0.3, -0.25) is 0 Å². The molecule has 0 aliphatic heterocycles. The first kappa shape index (κ1) is 15.8. The summed E-state index contributed by atoms with van der Waals surface area (Å²) in [6.07, 6.45) is 2.97. The number of rotatable bonds is 3. The summed E-state index contributed by atoms with van der Waals surface area (Å²) < 4.78 is 0. The van der Waals surface area contributed by atoms with Crippen LogP contribution in [0.5, 0.6) is 0 Å². The predicted molar refractivity (Wildman–Crippen MR) is 74.0 cm³/mol. The largest absolute Gasteiger partial charge is 0.480 e. The van der Waals surface area contributed by atoms with Crippen LogP contribution in [0.2, 0.25) is 0 Å². The topological polar surface area (TPSA) is 78.4 Å². The van der Waals surface area contributed by atoms with Gasteiger partial charge in [-0.25, -0.2) is 9.59 Å². The van der Waals surface area contributed by atoms with E-state index in [-0.39, 0.29) is 17.5 Å². The molecule has 110 valence electrons. The van der Waals surface area contributed by atoms with Crippen molar-refractivity contribution >= 4 is 12.0 Å². The van der Waals surface area contributed by atoms with Crippen molar-refractivity contribution < 1.29 is 14.7 Å². The minimum Gasteiger partial charge on any atom is -0.480 e. The maximum atomic E-state index is 11.9. The van der Waals surface area contributed by atoms with Crippen LogP contribution in [0.4, 0.5) is 4.79 Å². The lowest BCUT2D eigenvalue weighted by molar-refractivity contribution is -0.141. The number of amides is 2. The van der Waals surface area contributed by atoms with Crippen LogP contribution < -0.4 is 10.6 Å². The lowest BCUT2D eigenvalue weighted by Crippen LogP contribution is -2.53. The summed E-state index contributed by atoms with van der Waals surface area (Å²) >= 11 is 0. The molecule has 0 spiro atoms. The van der Waals surface area contributed by atoms with E-state index in [1.807, 2.05) is 0 Å². The average Bonchev–Trinajstić information content (AvgIpc) is 2.52. The van der Waals surface area contributed by atoms with Crippen LogP contribution in [0, 0.1) is 10.8 Å². The van der Waals surface area contributed by atoms with E-state index in [1.165, 1.54) is 0 Å². The zero-order chi connectivity index (χ0) is 14.8. The molecule has 0 bridgehead atoms. The number of nitrogens with one attached hydrogen (secondary N) is 2. The van der Waals surface area contributed by atoms with Crippen molar-refractivity contribution in [1.29, 1.82) is 0 Å². The van der Waals surface area contributed by atoms with Crippen molar-refractivity contribution in [2.75, 3.05) is 0 Å². The number of urea groups is 1. The summed E-state index contributed by atoms with van der Waals surface area (Å²) in [5, 5.41) is 14.6. The highest BCUT2D eigenvalue weighted by Gasteiger charge is 2.35. The zero-order valence-electron chi connectivity index (χ0n) is 12.5. The van der Waals surface area contributed by atoms with Gasteiger partial charge in [0, 0.05) is 6.04 Å². The fraction of sp³-hybridized carbons (Fsp3) is 0.857. The summed E-state index contributed by atoms with van der Waals surface area (Å²) in [6.45, 7) is 9.75. The Bertz CT molecular complexity index is 358. The molecular weight excluding hydrogens is 244 g/mol. The van der Waals surface area contributed by atoms with Crippen molar-refractivity contribution in [2.24, 2.45) is 10.8 Å². The molecule has 3 N–H and O–H groups in total. The summed E-state index contributed by atoms with van der Waals surface area (Å²) in [6, 6.07) is -1.13. The second kappa shape index (κ2) is 5.39. The lowest BCUT2D eigenvalue weighted by Gasteiger charge is -2.28. The van der Waals surface area contributed by atoms with Crippen LogP contribution in [0.15, 0.2) is 0 Å². The van der Waals surface area contributed by atoms with E-state index >= 15 is 0 Å². The SMILES string of the molecule is CC1(C)CCC(NC(=O)NC(C(=O)O)C(C)(C)C)C1. The third-order valence-electron chi connectivity index (χ3n) is 3.69. The fourth-order valence-electron chi connectivity index (χ4n) is 2.57. The van der Waals surface area contributed by atoms with Crippen LogP contribution in [0.25, 0.3) is 0 Å². The smallest absolute Gasteiger partial charge is 0.326 e. The molecule has 19 heavy (non-hydrogen) atoms. The molecule has 0 saturated heterocycles. The van der Waals surface area contributed by atoms with Crippen LogP contribution in [-0.2, 0) is 4.79 Å². The van der Waals surface area contributed by atoms with Crippen LogP contribution in [-0.4, -0.2) is 29.2 Å². The van der Waals surface area contributed by atoms with Gasteiger partial charge in [0.05, 0.1) is 0 Å². The Labute approximate surface area is 115 Å². The van der Waals surface area contributed by atoms with E-state index in [0.29, 0.717) is 0 Å². The molecule has 2 amide bonds.